The average molecular weight is 249 g/mol. The number of fused-ring (bicyclic) bond motifs is 1. The summed E-state index contributed by atoms with van der Waals surface area (Å²) < 4.78 is 4.49. The highest BCUT2D eigenvalue weighted by Gasteiger charge is 2.35. The Morgan fingerprint density at radius 1 is 1.22 bits per heavy atom. The number of nitrogens with zero attached hydrogens (tertiary/aromatic N) is 1. The second-order valence-electron chi connectivity index (χ2n) is 3.73. The Hall–Kier alpha value is -2.57. The fraction of sp³-hybridized carbons (Fsp3) is 0.182. The minimum Gasteiger partial charge on any atom is -0.448 e. The Balaban J connectivity index is 2.15. The highest BCUT2D eigenvalue weighted by atomic mass is 16.5. The molecule has 0 atom stereocenters. The predicted octanol–water partition coefficient (Wildman–Crippen LogP) is -0.0399. The number of carbonyl (C=O) groups excluding carboxylic acids is 3. The van der Waals surface area contributed by atoms with E-state index >= 15 is 0 Å². The Bertz CT molecular complexity index is 541. The Morgan fingerprint density at radius 2 is 1.89 bits per heavy atom. The summed E-state index contributed by atoms with van der Waals surface area (Å²) in [6.07, 6.45) is -0.948. The minimum absolute atomic E-state index is 0.0325. The van der Waals surface area contributed by atoms with Crippen molar-refractivity contribution in [3.8, 4) is 0 Å². The first-order chi connectivity index (χ1) is 8.50. The van der Waals surface area contributed by atoms with Gasteiger partial charge in [0.25, 0.3) is 11.8 Å². The van der Waals surface area contributed by atoms with Crippen molar-refractivity contribution < 1.29 is 19.1 Å². The number of anilines is 1. The lowest BCUT2D eigenvalue weighted by Gasteiger charge is -2.12. The number of hydrogen-bond acceptors (Lipinski definition) is 5. The summed E-state index contributed by atoms with van der Waals surface area (Å²) in [4.78, 5) is 35.2. The molecule has 0 saturated carbocycles. The van der Waals surface area contributed by atoms with Crippen molar-refractivity contribution in [3.63, 3.8) is 0 Å². The molecule has 2 rings (SSSR count). The molecule has 1 aliphatic heterocycles. The molecular formula is C11H11N3O4. The van der Waals surface area contributed by atoms with E-state index < -0.39 is 17.9 Å². The van der Waals surface area contributed by atoms with Crippen LogP contribution in [0.25, 0.3) is 0 Å². The Morgan fingerprint density at radius 3 is 2.56 bits per heavy atom. The van der Waals surface area contributed by atoms with Crippen molar-refractivity contribution in [1.82, 2.24) is 4.90 Å². The molecule has 0 spiro atoms. The van der Waals surface area contributed by atoms with Gasteiger partial charge < -0.3 is 16.2 Å². The molecular weight excluding hydrogens is 238 g/mol. The van der Waals surface area contributed by atoms with Crippen LogP contribution in [0.4, 0.5) is 10.5 Å². The quantitative estimate of drug-likeness (QED) is 0.576. The number of rotatable bonds is 3. The van der Waals surface area contributed by atoms with Crippen molar-refractivity contribution in [2.45, 2.75) is 0 Å². The van der Waals surface area contributed by atoms with E-state index in [1.807, 2.05) is 0 Å². The first kappa shape index (κ1) is 11.9. The number of benzene rings is 1. The van der Waals surface area contributed by atoms with Crippen LogP contribution in [0.2, 0.25) is 0 Å². The lowest BCUT2D eigenvalue weighted by molar-refractivity contribution is 0.0609. The monoisotopic (exact) mass is 249 g/mol. The second kappa shape index (κ2) is 4.36. The molecule has 0 aliphatic carbocycles. The molecule has 7 heteroatoms. The molecule has 1 aliphatic rings. The maximum Gasteiger partial charge on any atom is 0.404 e. The maximum absolute atomic E-state index is 11.9. The molecule has 94 valence electrons. The van der Waals surface area contributed by atoms with Gasteiger partial charge in [-0.15, -0.1) is 0 Å². The smallest absolute Gasteiger partial charge is 0.404 e. The molecule has 0 aromatic heterocycles. The van der Waals surface area contributed by atoms with Crippen LogP contribution in [-0.2, 0) is 4.74 Å². The normalized spacial score (nSPS) is 13.7. The summed E-state index contributed by atoms with van der Waals surface area (Å²) in [5, 5.41) is 0. The second-order valence-corrected chi connectivity index (χ2v) is 3.73. The van der Waals surface area contributed by atoms with Crippen molar-refractivity contribution in [1.29, 1.82) is 0 Å². The third-order valence-electron chi connectivity index (χ3n) is 2.55. The SMILES string of the molecule is NC(=O)OCCN1C(=O)c2ccc(N)cc2C1=O. The molecule has 3 amide bonds. The summed E-state index contributed by atoms with van der Waals surface area (Å²) in [5.41, 5.74) is 11.3. The van der Waals surface area contributed by atoms with Gasteiger partial charge in [0.2, 0.25) is 0 Å². The summed E-state index contributed by atoms with van der Waals surface area (Å²) >= 11 is 0. The van der Waals surface area contributed by atoms with Crippen molar-refractivity contribution in [2.24, 2.45) is 5.73 Å². The Kier molecular flexibility index (Phi) is 2.88. The van der Waals surface area contributed by atoms with Gasteiger partial charge in [-0.25, -0.2) is 4.79 Å². The number of primary amides is 1. The molecule has 0 radical (unpaired) electrons. The van der Waals surface area contributed by atoms with Crippen LogP contribution in [0.5, 0.6) is 0 Å². The zero-order valence-corrected chi connectivity index (χ0v) is 9.38. The van der Waals surface area contributed by atoms with Crippen molar-refractivity contribution >= 4 is 23.6 Å². The molecule has 0 unspecified atom stereocenters. The lowest BCUT2D eigenvalue weighted by atomic mass is 10.1. The number of nitrogen functional groups attached to an aromatic ring is 1. The average Bonchev–Trinajstić information content (AvgIpc) is 2.53. The highest BCUT2D eigenvalue weighted by molar-refractivity contribution is 6.21. The number of ether oxygens (including phenoxy) is 1. The van der Waals surface area contributed by atoms with Crippen LogP contribution in [0.15, 0.2) is 18.2 Å². The van der Waals surface area contributed by atoms with Crippen LogP contribution in [0, 0.1) is 0 Å². The summed E-state index contributed by atoms with van der Waals surface area (Å²) in [5.74, 6) is -0.876. The van der Waals surface area contributed by atoms with Gasteiger partial charge in [-0.3, -0.25) is 14.5 Å². The minimum atomic E-state index is -0.948. The zero-order chi connectivity index (χ0) is 13.3. The first-order valence-electron chi connectivity index (χ1n) is 5.18. The summed E-state index contributed by atoms with van der Waals surface area (Å²) in [7, 11) is 0. The van der Waals surface area contributed by atoms with Gasteiger partial charge in [-0.2, -0.15) is 0 Å². The zero-order valence-electron chi connectivity index (χ0n) is 9.38. The summed E-state index contributed by atoms with van der Waals surface area (Å²) in [6.45, 7) is -0.161. The molecule has 0 fully saturated rings. The molecule has 7 nitrogen and oxygen atoms in total. The van der Waals surface area contributed by atoms with Crippen LogP contribution in [-0.4, -0.2) is 36.0 Å². The topological polar surface area (TPSA) is 116 Å². The van der Waals surface area contributed by atoms with E-state index in [0.717, 1.165) is 4.90 Å². The maximum atomic E-state index is 11.9. The Labute approximate surface area is 102 Å². The molecule has 1 heterocycles. The molecule has 0 bridgehead atoms. The van der Waals surface area contributed by atoms with Crippen LogP contribution >= 0.6 is 0 Å². The number of imide groups is 1. The van der Waals surface area contributed by atoms with Gasteiger partial charge in [0, 0.05) is 5.69 Å². The molecule has 4 N–H and O–H groups in total. The van der Waals surface area contributed by atoms with Crippen molar-refractivity contribution in [2.75, 3.05) is 18.9 Å². The van der Waals surface area contributed by atoms with Gasteiger partial charge in [0.05, 0.1) is 17.7 Å². The van der Waals surface area contributed by atoms with E-state index in [0.29, 0.717) is 11.3 Å². The van der Waals surface area contributed by atoms with Gasteiger partial charge in [0.15, 0.2) is 0 Å². The van der Waals surface area contributed by atoms with E-state index in [-0.39, 0.29) is 18.7 Å². The van der Waals surface area contributed by atoms with Crippen LogP contribution < -0.4 is 11.5 Å². The molecule has 1 aromatic rings. The van der Waals surface area contributed by atoms with Gasteiger partial charge in [-0.05, 0) is 18.2 Å². The summed E-state index contributed by atoms with van der Waals surface area (Å²) in [6, 6.07) is 4.50. The van der Waals surface area contributed by atoms with Crippen molar-refractivity contribution in [3.05, 3.63) is 29.3 Å². The standard InChI is InChI=1S/C11H11N3O4/c12-6-1-2-7-8(5-6)10(16)14(9(7)15)3-4-18-11(13)17/h1-2,5H,3-4,12H2,(H2,13,17). The number of carbonyl (C=O) groups is 3. The number of hydrogen-bond donors (Lipinski definition) is 2. The van der Waals surface area contributed by atoms with E-state index in [1.54, 1.807) is 6.07 Å². The van der Waals surface area contributed by atoms with E-state index in [4.69, 9.17) is 11.5 Å². The van der Waals surface area contributed by atoms with E-state index in [9.17, 15) is 14.4 Å². The van der Waals surface area contributed by atoms with Gasteiger partial charge in [-0.1, -0.05) is 0 Å². The first-order valence-corrected chi connectivity index (χ1v) is 5.18. The fourth-order valence-electron chi connectivity index (χ4n) is 1.75. The number of nitrogens with two attached hydrogens (primary N) is 2. The highest BCUT2D eigenvalue weighted by Crippen LogP contribution is 2.24. The third-order valence-corrected chi connectivity index (χ3v) is 2.55. The third kappa shape index (κ3) is 1.97. The lowest BCUT2D eigenvalue weighted by Crippen LogP contribution is -2.34. The van der Waals surface area contributed by atoms with Crippen LogP contribution in [0.1, 0.15) is 20.7 Å². The van der Waals surface area contributed by atoms with Gasteiger partial charge >= 0.3 is 6.09 Å². The van der Waals surface area contributed by atoms with Crippen LogP contribution in [0.3, 0.4) is 0 Å². The number of amides is 3. The molecule has 18 heavy (non-hydrogen) atoms. The van der Waals surface area contributed by atoms with Gasteiger partial charge in [0.1, 0.15) is 6.61 Å². The molecule has 0 saturated heterocycles. The molecule has 1 aromatic carbocycles. The van der Waals surface area contributed by atoms with E-state index in [2.05, 4.69) is 4.74 Å². The predicted molar refractivity (Wildman–Crippen MR) is 61.8 cm³/mol. The largest absolute Gasteiger partial charge is 0.448 e. The van der Waals surface area contributed by atoms with E-state index in [1.165, 1.54) is 12.1 Å². The fourth-order valence-corrected chi connectivity index (χ4v) is 1.75.